The summed E-state index contributed by atoms with van der Waals surface area (Å²) >= 11 is 1.69. The summed E-state index contributed by atoms with van der Waals surface area (Å²) in [5.41, 5.74) is 0. The Morgan fingerprint density at radius 1 is 1.75 bits per heavy atom. The predicted molar refractivity (Wildman–Crippen MR) is 50.3 cm³/mol. The molecule has 0 aliphatic carbocycles. The van der Waals surface area contributed by atoms with E-state index in [2.05, 4.69) is 10.3 Å². The molecule has 0 saturated heterocycles. The van der Waals surface area contributed by atoms with Gasteiger partial charge >= 0.3 is 0 Å². The second kappa shape index (κ2) is 4.54. The van der Waals surface area contributed by atoms with E-state index in [9.17, 15) is 0 Å². The molecule has 1 N–H and O–H groups in total. The first-order valence-electron chi connectivity index (χ1n) is 3.90. The van der Waals surface area contributed by atoms with Gasteiger partial charge in [-0.3, -0.25) is 0 Å². The molecule has 1 atom stereocenters. The van der Waals surface area contributed by atoms with Crippen LogP contribution in [0.4, 0.5) is 0 Å². The van der Waals surface area contributed by atoms with Gasteiger partial charge in [-0.25, -0.2) is 4.98 Å². The molecule has 1 rings (SSSR count). The summed E-state index contributed by atoms with van der Waals surface area (Å²) < 4.78 is 5.16. The highest BCUT2D eigenvalue weighted by Gasteiger charge is 2.08. The molecule has 12 heavy (non-hydrogen) atoms. The van der Waals surface area contributed by atoms with Crippen molar-refractivity contribution in [3.63, 3.8) is 0 Å². The molecule has 0 fully saturated rings. The van der Waals surface area contributed by atoms with E-state index in [1.165, 1.54) is 4.88 Å². The van der Waals surface area contributed by atoms with Crippen LogP contribution in [-0.2, 0) is 11.3 Å². The molecule has 0 amide bonds. The van der Waals surface area contributed by atoms with E-state index in [1.54, 1.807) is 18.4 Å². The number of nitrogens with one attached hydrogen (secondary N) is 1. The Hall–Kier alpha value is -0.450. The van der Waals surface area contributed by atoms with Gasteiger partial charge in [-0.2, -0.15) is 0 Å². The third kappa shape index (κ3) is 2.27. The van der Waals surface area contributed by atoms with Gasteiger partial charge in [-0.05, 0) is 14.0 Å². The van der Waals surface area contributed by atoms with Gasteiger partial charge in [0.25, 0.3) is 0 Å². The van der Waals surface area contributed by atoms with Crippen LogP contribution in [-0.4, -0.2) is 19.1 Å². The van der Waals surface area contributed by atoms with Gasteiger partial charge in [0.15, 0.2) is 0 Å². The van der Waals surface area contributed by atoms with E-state index < -0.39 is 0 Å². The van der Waals surface area contributed by atoms with Crippen LogP contribution >= 0.6 is 11.3 Å². The minimum atomic E-state index is 0.112. The van der Waals surface area contributed by atoms with E-state index in [0.29, 0.717) is 0 Å². The van der Waals surface area contributed by atoms with Gasteiger partial charge in [0.2, 0.25) is 0 Å². The molecule has 0 saturated carbocycles. The van der Waals surface area contributed by atoms with Gasteiger partial charge in [-0.15, -0.1) is 11.3 Å². The lowest BCUT2D eigenvalue weighted by molar-refractivity contribution is 0.119. The van der Waals surface area contributed by atoms with Crippen LogP contribution in [0.15, 0.2) is 6.20 Å². The van der Waals surface area contributed by atoms with E-state index in [4.69, 9.17) is 4.74 Å². The molecule has 68 valence electrons. The van der Waals surface area contributed by atoms with Crippen molar-refractivity contribution in [2.45, 2.75) is 19.6 Å². The third-order valence-electron chi connectivity index (χ3n) is 1.62. The first-order chi connectivity index (χ1) is 5.77. The zero-order valence-electron chi connectivity index (χ0n) is 7.63. The van der Waals surface area contributed by atoms with Gasteiger partial charge in [0.05, 0.1) is 0 Å². The number of hydrogen-bond acceptors (Lipinski definition) is 4. The fourth-order valence-electron chi connectivity index (χ4n) is 0.867. The third-order valence-corrected chi connectivity index (χ3v) is 2.78. The molecule has 0 aliphatic heterocycles. The molecule has 1 heterocycles. The monoisotopic (exact) mass is 186 g/mol. The van der Waals surface area contributed by atoms with Gasteiger partial charge in [-0.1, -0.05) is 0 Å². The smallest absolute Gasteiger partial charge is 0.121 e. The van der Waals surface area contributed by atoms with E-state index >= 15 is 0 Å². The van der Waals surface area contributed by atoms with Crippen molar-refractivity contribution in [1.82, 2.24) is 10.3 Å². The zero-order chi connectivity index (χ0) is 8.97. The molecule has 0 bridgehead atoms. The number of nitrogens with zero attached hydrogens (tertiary/aromatic N) is 1. The summed E-state index contributed by atoms with van der Waals surface area (Å²) in [5.74, 6) is 0. The van der Waals surface area contributed by atoms with Crippen LogP contribution in [0.5, 0.6) is 0 Å². The SMILES string of the molecule is CNCc1cnc(C(C)OC)s1. The van der Waals surface area contributed by atoms with Crippen molar-refractivity contribution < 1.29 is 4.74 Å². The van der Waals surface area contributed by atoms with Crippen LogP contribution in [0, 0.1) is 0 Å². The van der Waals surface area contributed by atoms with Crippen LogP contribution in [0.3, 0.4) is 0 Å². The summed E-state index contributed by atoms with van der Waals surface area (Å²) in [6.07, 6.45) is 2.01. The minimum absolute atomic E-state index is 0.112. The highest BCUT2D eigenvalue weighted by atomic mass is 32.1. The largest absolute Gasteiger partial charge is 0.375 e. The highest BCUT2D eigenvalue weighted by molar-refractivity contribution is 7.11. The highest BCUT2D eigenvalue weighted by Crippen LogP contribution is 2.21. The molecule has 0 aliphatic rings. The number of thiazole rings is 1. The molecule has 4 heteroatoms. The van der Waals surface area contributed by atoms with Crippen molar-refractivity contribution in [2.75, 3.05) is 14.2 Å². The van der Waals surface area contributed by atoms with Crippen molar-refractivity contribution >= 4 is 11.3 Å². The van der Waals surface area contributed by atoms with Gasteiger partial charge in [0.1, 0.15) is 11.1 Å². The fraction of sp³-hybridized carbons (Fsp3) is 0.625. The van der Waals surface area contributed by atoms with Gasteiger partial charge < -0.3 is 10.1 Å². The zero-order valence-corrected chi connectivity index (χ0v) is 8.44. The molecule has 0 aromatic carbocycles. The summed E-state index contributed by atoms with van der Waals surface area (Å²) in [4.78, 5) is 5.51. The lowest BCUT2D eigenvalue weighted by Gasteiger charge is -2.03. The van der Waals surface area contributed by atoms with Crippen LogP contribution < -0.4 is 5.32 Å². The normalized spacial score (nSPS) is 13.2. The standard InChI is InChI=1S/C8H14N2OS/c1-6(11-3)8-10-5-7(12-8)4-9-2/h5-6,9H,4H2,1-3H3. The molecule has 1 aromatic rings. The minimum Gasteiger partial charge on any atom is -0.375 e. The van der Waals surface area contributed by atoms with Crippen molar-refractivity contribution in [1.29, 1.82) is 0 Å². The number of hydrogen-bond donors (Lipinski definition) is 1. The summed E-state index contributed by atoms with van der Waals surface area (Å²) in [7, 11) is 3.63. The Labute approximate surface area is 76.8 Å². The number of aromatic nitrogens is 1. The van der Waals surface area contributed by atoms with Crippen molar-refractivity contribution in [2.24, 2.45) is 0 Å². The molecular formula is C8H14N2OS. The van der Waals surface area contributed by atoms with Gasteiger partial charge in [0, 0.05) is 24.7 Å². The van der Waals surface area contributed by atoms with Crippen molar-refractivity contribution in [3.05, 3.63) is 16.1 Å². The van der Waals surface area contributed by atoms with Crippen LogP contribution in [0.2, 0.25) is 0 Å². The fourth-order valence-corrected chi connectivity index (χ4v) is 1.83. The molecule has 1 aromatic heterocycles. The summed E-state index contributed by atoms with van der Waals surface area (Å²) in [6.45, 7) is 2.89. The van der Waals surface area contributed by atoms with E-state index in [0.717, 1.165) is 11.6 Å². The van der Waals surface area contributed by atoms with Crippen molar-refractivity contribution in [3.8, 4) is 0 Å². The Kier molecular flexibility index (Phi) is 3.65. The lowest BCUT2D eigenvalue weighted by atomic mass is 10.4. The number of ether oxygens (including phenoxy) is 1. The second-order valence-corrected chi connectivity index (χ2v) is 3.72. The quantitative estimate of drug-likeness (QED) is 0.775. The predicted octanol–water partition coefficient (Wildman–Crippen LogP) is 1.57. The Morgan fingerprint density at radius 3 is 3.08 bits per heavy atom. The molecule has 0 radical (unpaired) electrons. The second-order valence-electron chi connectivity index (χ2n) is 2.57. The van der Waals surface area contributed by atoms with Crippen LogP contribution in [0.25, 0.3) is 0 Å². The topological polar surface area (TPSA) is 34.2 Å². The maximum absolute atomic E-state index is 5.16. The number of rotatable bonds is 4. The first kappa shape index (κ1) is 9.64. The summed E-state index contributed by atoms with van der Waals surface area (Å²) in [5, 5.41) is 4.13. The average molecular weight is 186 g/mol. The maximum Gasteiger partial charge on any atom is 0.121 e. The lowest BCUT2D eigenvalue weighted by Crippen LogP contribution is -2.02. The first-order valence-corrected chi connectivity index (χ1v) is 4.71. The molecule has 1 unspecified atom stereocenters. The molecule has 3 nitrogen and oxygen atoms in total. The Morgan fingerprint density at radius 2 is 2.50 bits per heavy atom. The Balaban J connectivity index is 2.63. The average Bonchev–Trinajstić information content (AvgIpc) is 2.52. The Bertz CT molecular complexity index is 237. The van der Waals surface area contributed by atoms with E-state index in [1.807, 2.05) is 20.2 Å². The number of methoxy groups -OCH3 is 1. The van der Waals surface area contributed by atoms with Crippen LogP contribution in [0.1, 0.15) is 22.9 Å². The summed E-state index contributed by atoms with van der Waals surface area (Å²) in [6, 6.07) is 0. The van der Waals surface area contributed by atoms with E-state index in [-0.39, 0.29) is 6.10 Å². The maximum atomic E-state index is 5.16. The molecule has 0 spiro atoms. The molecular weight excluding hydrogens is 172 g/mol.